The summed E-state index contributed by atoms with van der Waals surface area (Å²) < 4.78 is 0. The standard InChI is InChI=1S/C16H12ClNOS/c17-13-8-6-12(7-9-13)15(11-4-2-1-3-5-11)16-18-14(19)10-20-16/h1-9H,10H2,(H,18,19)/b16-15-. The third-order valence-electron chi connectivity index (χ3n) is 3.02. The van der Waals surface area contributed by atoms with Gasteiger partial charge >= 0.3 is 0 Å². The number of amides is 1. The number of carbonyl (C=O) groups excluding carboxylic acids is 1. The van der Waals surface area contributed by atoms with E-state index in [4.69, 9.17) is 11.6 Å². The normalized spacial score (nSPS) is 16.9. The fourth-order valence-electron chi connectivity index (χ4n) is 2.12. The Morgan fingerprint density at radius 1 is 1.00 bits per heavy atom. The topological polar surface area (TPSA) is 29.1 Å². The summed E-state index contributed by atoms with van der Waals surface area (Å²) in [5, 5.41) is 4.55. The molecule has 0 aliphatic carbocycles. The van der Waals surface area contributed by atoms with Crippen LogP contribution in [0.5, 0.6) is 0 Å². The molecule has 2 aromatic carbocycles. The first-order valence-corrected chi connectivity index (χ1v) is 7.59. The smallest absolute Gasteiger partial charge is 0.235 e. The highest BCUT2D eigenvalue weighted by Crippen LogP contribution is 2.34. The summed E-state index contributed by atoms with van der Waals surface area (Å²) in [6.45, 7) is 0. The highest BCUT2D eigenvalue weighted by atomic mass is 35.5. The lowest BCUT2D eigenvalue weighted by molar-refractivity contribution is -0.117. The Morgan fingerprint density at radius 2 is 1.65 bits per heavy atom. The molecule has 2 aromatic rings. The fourth-order valence-corrected chi connectivity index (χ4v) is 3.16. The van der Waals surface area contributed by atoms with Crippen molar-refractivity contribution in [2.75, 3.05) is 5.75 Å². The van der Waals surface area contributed by atoms with E-state index in [2.05, 4.69) is 5.32 Å². The van der Waals surface area contributed by atoms with Crippen molar-refractivity contribution in [3.05, 3.63) is 75.8 Å². The molecule has 4 heteroatoms. The maximum atomic E-state index is 11.5. The molecule has 2 nitrogen and oxygen atoms in total. The van der Waals surface area contributed by atoms with Crippen LogP contribution >= 0.6 is 23.4 Å². The molecular formula is C16H12ClNOS. The van der Waals surface area contributed by atoms with Crippen LogP contribution in [0.3, 0.4) is 0 Å². The zero-order valence-electron chi connectivity index (χ0n) is 10.6. The Bertz CT molecular complexity index is 665. The summed E-state index contributed by atoms with van der Waals surface area (Å²) in [4.78, 5) is 11.5. The van der Waals surface area contributed by atoms with Crippen molar-refractivity contribution in [1.29, 1.82) is 0 Å². The van der Waals surface area contributed by atoms with Gasteiger partial charge in [0.05, 0.1) is 10.8 Å². The van der Waals surface area contributed by atoms with Crippen molar-refractivity contribution >= 4 is 34.8 Å². The molecule has 1 aliphatic rings. The summed E-state index contributed by atoms with van der Waals surface area (Å²) in [6.07, 6.45) is 0. The maximum Gasteiger partial charge on any atom is 0.235 e. The zero-order valence-corrected chi connectivity index (χ0v) is 12.2. The van der Waals surface area contributed by atoms with Gasteiger partial charge in [-0.2, -0.15) is 0 Å². The molecular weight excluding hydrogens is 290 g/mol. The van der Waals surface area contributed by atoms with Crippen molar-refractivity contribution in [2.45, 2.75) is 0 Å². The number of benzene rings is 2. The minimum Gasteiger partial charge on any atom is -0.319 e. The number of halogens is 1. The highest BCUT2D eigenvalue weighted by molar-refractivity contribution is 8.04. The van der Waals surface area contributed by atoms with Gasteiger partial charge in [-0.15, -0.1) is 0 Å². The molecule has 0 atom stereocenters. The molecule has 1 N–H and O–H groups in total. The quantitative estimate of drug-likeness (QED) is 0.911. The van der Waals surface area contributed by atoms with Gasteiger partial charge in [0.25, 0.3) is 0 Å². The average Bonchev–Trinajstić information content (AvgIpc) is 2.89. The Hall–Kier alpha value is -1.71. The van der Waals surface area contributed by atoms with Crippen molar-refractivity contribution in [1.82, 2.24) is 5.32 Å². The number of nitrogens with one attached hydrogen (secondary N) is 1. The third-order valence-corrected chi connectivity index (χ3v) is 4.28. The van der Waals surface area contributed by atoms with Crippen molar-refractivity contribution in [3.8, 4) is 0 Å². The highest BCUT2D eigenvalue weighted by Gasteiger charge is 2.21. The summed E-state index contributed by atoms with van der Waals surface area (Å²) in [5.41, 5.74) is 3.17. The molecule has 0 radical (unpaired) electrons. The van der Waals surface area contributed by atoms with E-state index in [0.717, 1.165) is 21.7 Å². The molecule has 0 unspecified atom stereocenters. The molecule has 1 saturated heterocycles. The number of rotatable bonds is 2. The molecule has 0 spiro atoms. The largest absolute Gasteiger partial charge is 0.319 e. The van der Waals surface area contributed by atoms with E-state index < -0.39 is 0 Å². The first-order valence-electron chi connectivity index (χ1n) is 6.22. The van der Waals surface area contributed by atoms with Crippen molar-refractivity contribution in [2.24, 2.45) is 0 Å². The second-order valence-electron chi connectivity index (χ2n) is 4.41. The number of hydrogen-bond donors (Lipinski definition) is 1. The van der Waals surface area contributed by atoms with Crippen LogP contribution in [-0.2, 0) is 4.79 Å². The summed E-state index contributed by atoms with van der Waals surface area (Å²) >= 11 is 7.49. The van der Waals surface area contributed by atoms with E-state index in [-0.39, 0.29) is 5.91 Å². The minimum atomic E-state index is 0.0485. The van der Waals surface area contributed by atoms with Gasteiger partial charge in [-0.1, -0.05) is 65.8 Å². The average molecular weight is 302 g/mol. The summed E-state index contributed by atoms with van der Waals surface area (Å²) in [5.74, 6) is 0.520. The van der Waals surface area contributed by atoms with Crippen LogP contribution in [0, 0.1) is 0 Å². The monoisotopic (exact) mass is 301 g/mol. The second kappa shape index (κ2) is 5.73. The zero-order chi connectivity index (χ0) is 13.9. The van der Waals surface area contributed by atoms with Crippen LogP contribution in [-0.4, -0.2) is 11.7 Å². The van der Waals surface area contributed by atoms with Gasteiger partial charge in [0.15, 0.2) is 0 Å². The summed E-state index contributed by atoms with van der Waals surface area (Å²) in [7, 11) is 0. The lowest BCUT2D eigenvalue weighted by atomic mass is 9.99. The van der Waals surface area contributed by atoms with Crippen molar-refractivity contribution in [3.63, 3.8) is 0 Å². The molecule has 1 heterocycles. The molecule has 3 rings (SSSR count). The molecule has 1 amide bonds. The molecule has 100 valence electrons. The van der Waals surface area contributed by atoms with Crippen LogP contribution in [0.2, 0.25) is 5.02 Å². The number of hydrogen-bond acceptors (Lipinski definition) is 2. The van der Waals surface area contributed by atoms with Crippen LogP contribution < -0.4 is 5.32 Å². The van der Waals surface area contributed by atoms with Crippen LogP contribution in [0.15, 0.2) is 59.6 Å². The molecule has 1 fully saturated rings. The molecule has 1 aliphatic heterocycles. The lowest BCUT2D eigenvalue weighted by Gasteiger charge is -2.12. The number of carbonyl (C=O) groups is 1. The van der Waals surface area contributed by atoms with E-state index in [1.165, 1.54) is 11.8 Å². The second-order valence-corrected chi connectivity index (χ2v) is 5.84. The predicted octanol–water partition coefficient (Wildman–Crippen LogP) is 3.92. The molecule has 0 bridgehead atoms. The lowest BCUT2D eigenvalue weighted by Crippen LogP contribution is -2.15. The van der Waals surface area contributed by atoms with E-state index >= 15 is 0 Å². The first kappa shape index (κ1) is 13.3. The predicted molar refractivity (Wildman–Crippen MR) is 84.5 cm³/mol. The van der Waals surface area contributed by atoms with Gasteiger partial charge in [-0.05, 0) is 23.3 Å². The van der Waals surface area contributed by atoms with E-state index in [1.54, 1.807) is 0 Å². The van der Waals surface area contributed by atoms with Crippen LogP contribution in [0.4, 0.5) is 0 Å². The number of thioether (sulfide) groups is 1. The molecule has 0 aromatic heterocycles. The fraction of sp³-hybridized carbons (Fsp3) is 0.0625. The molecule has 0 saturated carbocycles. The SMILES string of the molecule is O=C1CS/C(=C(/c2ccccc2)c2ccc(Cl)cc2)N1. The Labute approximate surface area is 126 Å². The Kier molecular flexibility index (Phi) is 3.81. The third kappa shape index (κ3) is 2.74. The first-order chi connectivity index (χ1) is 9.74. The van der Waals surface area contributed by atoms with Gasteiger partial charge in [-0.3, -0.25) is 4.79 Å². The van der Waals surface area contributed by atoms with Gasteiger partial charge < -0.3 is 5.32 Å². The van der Waals surface area contributed by atoms with Gasteiger partial charge in [-0.25, -0.2) is 0 Å². The summed E-state index contributed by atoms with van der Waals surface area (Å²) in [6, 6.07) is 17.7. The van der Waals surface area contributed by atoms with E-state index in [0.29, 0.717) is 10.8 Å². The Balaban J connectivity index is 2.14. The van der Waals surface area contributed by atoms with Gasteiger partial charge in [0, 0.05) is 10.6 Å². The maximum absolute atomic E-state index is 11.5. The van der Waals surface area contributed by atoms with Crippen molar-refractivity contribution < 1.29 is 4.79 Å². The van der Waals surface area contributed by atoms with Gasteiger partial charge in [0.1, 0.15) is 0 Å². The van der Waals surface area contributed by atoms with Gasteiger partial charge in [0.2, 0.25) is 5.91 Å². The minimum absolute atomic E-state index is 0.0485. The van der Waals surface area contributed by atoms with E-state index in [9.17, 15) is 4.79 Å². The van der Waals surface area contributed by atoms with E-state index in [1.807, 2.05) is 54.6 Å². The van der Waals surface area contributed by atoms with Crippen LogP contribution in [0.1, 0.15) is 11.1 Å². The Morgan fingerprint density at radius 3 is 2.25 bits per heavy atom. The van der Waals surface area contributed by atoms with Crippen LogP contribution in [0.25, 0.3) is 5.57 Å². The molecule has 20 heavy (non-hydrogen) atoms.